The molecule has 0 saturated carbocycles. The molecule has 1 aromatic carbocycles. The van der Waals surface area contributed by atoms with Gasteiger partial charge in [-0.05, 0) is 78.1 Å². The molecular formula is C21H29NO5. The molecule has 1 heterocycles. The first-order valence-corrected chi connectivity index (χ1v) is 9.51. The van der Waals surface area contributed by atoms with Gasteiger partial charge in [-0.25, -0.2) is 4.79 Å². The second-order valence-corrected chi connectivity index (χ2v) is 7.29. The summed E-state index contributed by atoms with van der Waals surface area (Å²) in [6.45, 7) is 8.71. The first kappa shape index (κ1) is 20.9. The molecule has 148 valence electrons. The van der Waals surface area contributed by atoms with Crippen LogP contribution in [0.2, 0.25) is 0 Å². The predicted molar refractivity (Wildman–Crippen MR) is 102 cm³/mol. The summed E-state index contributed by atoms with van der Waals surface area (Å²) in [6.07, 6.45) is 1.32. The van der Waals surface area contributed by atoms with Crippen molar-refractivity contribution in [3.05, 3.63) is 29.8 Å². The summed E-state index contributed by atoms with van der Waals surface area (Å²) in [6, 6.07) is 6.84. The third-order valence-corrected chi connectivity index (χ3v) is 4.99. The van der Waals surface area contributed by atoms with E-state index in [1.807, 2.05) is 18.7 Å². The Balaban J connectivity index is 1.92. The van der Waals surface area contributed by atoms with Crippen molar-refractivity contribution in [1.82, 2.24) is 4.90 Å². The summed E-state index contributed by atoms with van der Waals surface area (Å²) >= 11 is 0. The molecule has 1 saturated heterocycles. The van der Waals surface area contributed by atoms with Gasteiger partial charge in [-0.15, -0.1) is 0 Å². The number of nitrogens with zero attached hydrogens (tertiary/aromatic N) is 1. The van der Waals surface area contributed by atoms with E-state index in [9.17, 15) is 14.4 Å². The molecule has 0 bridgehead atoms. The van der Waals surface area contributed by atoms with Gasteiger partial charge in [-0.3, -0.25) is 9.59 Å². The van der Waals surface area contributed by atoms with Crippen LogP contribution >= 0.6 is 0 Å². The number of carbonyl (C=O) groups is 3. The van der Waals surface area contributed by atoms with Crippen LogP contribution in [0.1, 0.15) is 64.2 Å². The predicted octanol–water partition coefficient (Wildman–Crippen LogP) is 3.38. The molecule has 1 aliphatic rings. The minimum absolute atomic E-state index is 0.0393. The van der Waals surface area contributed by atoms with Gasteiger partial charge in [0, 0.05) is 17.6 Å². The number of likely N-dealkylation sites (tertiary alicyclic amines) is 1. The summed E-state index contributed by atoms with van der Waals surface area (Å²) in [4.78, 5) is 38.1. The Hall–Kier alpha value is -2.37. The number of Topliss-reactive ketones (excluding diaryl/α,β-unsaturated/α-hetero) is 1. The van der Waals surface area contributed by atoms with E-state index in [2.05, 4.69) is 0 Å². The topological polar surface area (TPSA) is 72.9 Å². The second-order valence-electron chi connectivity index (χ2n) is 7.29. The number of ketones is 1. The van der Waals surface area contributed by atoms with Gasteiger partial charge in [0.1, 0.15) is 5.75 Å². The molecular weight excluding hydrogens is 346 g/mol. The molecule has 6 heteroatoms. The van der Waals surface area contributed by atoms with Gasteiger partial charge in [0.2, 0.25) is 0 Å². The van der Waals surface area contributed by atoms with Crippen LogP contribution in [-0.2, 0) is 14.3 Å². The van der Waals surface area contributed by atoms with Crippen LogP contribution in [0.5, 0.6) is 5.75 Å². The third-order valence-electron chi connectivity index (χ3n) is 4.99. The normalized spacial score (nSPS) is 21.9. The fourth-order valence-electron chi connectivity index (χ4n) is 3.41. The highest BCUT2D eigenvalue weighted by atomic mass is 16.6. The lowest BCUT2D eigenvalue weighted by Gasteiger charge is -2.40. The molecule has 0 N–H and O–H groups in total. The molecule has 0 radical (unpaired) electrons. The monoisotopic (exact) mass is 375 g/mol. The molecule has 4 atom stereocenters. The molecule has 0 aliphatic carbocycles. The molecule has 2 rings (SSSR count). The number of hydrogen-bond donors (Lipinski definition) is 0. The summed E-state index contributed by atoms with van der Waals surface area (Å²) in [5.41, 5.74) is 0.571. The zero-order valence-corrected chi connectivity index (χ0v) is 16.7. The number of piperidine rings is 1. The van der Waals surface area contributed by atoms with Crippen molar-refractivity contribution in [2.75, 3.05) is 0 Å². The lowest BCUT2D eigenvalue weighted by molar-refractivity contribution is -0.166. The third kappa shape index (κ3) is 5.31. The first-order valence-electron chi connectivity index (χ1n) is 9.51. The second kappa shape index (κ2) is 9.02. The van der Waals surface area contributed by atoms with Crippen molar-refractivity contribution in [3.63, 3.8) is 0 Å². The molecule has 1 aliphatic heterocycles. The lowest BCUT2D eigenvalue weighted by atomic mass is 9.97. The van der Waals surface area contributed by atoms with E-state index in [0.717, 1.165) is 19.3 Å². The van der Waals surface area contributed by atoms with Crippen LogP contribution in [0.3, 0.4) is 0 Å². The molecule has 1 fully saturated rings. The zero-order chi connectivity index (χ0) is 20.1. The number of benzene rings is 1. The van der Waals surface area contributed by atoms with Crippen LogP contribution in [0.25, 0.3) is 0 Å². The number of ether oxygens (including phenoxy) is 2. The molecule has 0 spiro atoms. The van der Waals surface area contributed by atoms with Crippen molar-refractivity contribution in [3.8, 4) is 5.75 Å². The maximum Gasteiger partial charge on any atom is 0.347 e. The smallest absolute Gasteiger partial charge is 0.347 e. The molecule has 0 unspecified atom stereocenters. The van der Waals surface area contributed by atoms with Gasteiger partial charge in [-0.1, -0.05) is 0 Å². The highest BCUT2D eigenvalue weighted by Gasteiger charge is 2.34. The lowest BCUT2D eigenvalue weighted by Crippen LogP contribution is -2.52. The Kier molecular flexibility index (Phi) is 6.99. The average Bonchev–Trinajstić information content (AvgIpc) is 2.61. The molecule has 1 aromatic rings. The Morgan fingerprint density at radius 1 is 1.00 bits per heavy atom. The van der Waals surface area contributed by atoms with E-state index in [0.29, 0.717) is 11.3 Å². The van der Waals surface area contributed by atoms with Crippen molar-refractivity contribution < 1.29 is 23.9 Å². The largest absolute Gasteiger partial charge is 0.479 e. The number of rotatable bonds is 6. The maximum absolute atomic E-state index is 12.7. The fourth-order valence-corrected chi connectivity index (χ4v) is 3.41. The minimum Gasteiger partial charge on any atom is -0.479 e. The van der Waals surface area contributed by atoms with Gasteiger partial charge in [0.25, 0.3) is 5.91 Å². The van der Waals surface area contributed by atoms with Crippen LogP contribution in [0.4, 0.5) is 0 Å². The van der Waals surface area contributed by atoms with E-state index in [1.165, 1.54) is 6.92 Å². The Morgan fingerprint density at radius 2 is 1.56 bits per heavy atom. The number of esters is 1. The standard InChI is InChI=1S/C21H29NO5/c1-13-7-6-8-14(2)22(13)20(24)16(4)27-21(25)17(5)26-19-11-9-18(10-12-19)15(3)23/h9-14,16-17H,6-8H2,1-5H3/t13-,14+,16-,17+/m0/s1. The molecule has 1 amide bonds. The van der Waals surface area contributed by atoms with Gasteiger partial charge < -0.3 is 14.4 Å². The van der Waals surface area contributed by atoms with E-state index in [4.69, 9.17) is 9.47 Å². The van der Waals surface area contributed by atoms with Crippen molar-refractivity contribution in [2.45, 2.75) is 78.2 Å². The van der Waals surface area contributed by atoms with Crippen LogP contribution in [-0.4, -0.2) is 46.9 Å². The highest BCUT2D eigenvalue weighted by Crippen LogP contribution is 2.24. The maximum atomic E-state index is 12.7. The van der Waals surface area contributed by atoms with Crippen LogP contribution in [0.15, 0.2) is 24.3 Å². The van der Waals surface area contributed by atoms with Crippen molar-refractivity contribution in [2.24, 2.45) is 0 Å². The van der Waals surface area contributed by atoms with Crippen molar-refractivity contribution in [1.29, 1.82) is 0 Å². The van der Waals surface area contributed by atoms with Crippen molar-refractivity contribution >= 4 is 17.7 Å². The van der Waals surface area contributed by atoms with Gasteiger partial charge in [0.15, 0.2) is 18.0 Å². The molecule has 27 heavy (non-hydrogen) atoms. The Labute approximate surface area is 160 Å². The summed E-state index contributed by atoms with van der Waals surface area (Å²) in [5, 5.41) is 0. The van der Waals surface area contributed by atoms with E-state index in [-0.39, 0.29) is 23.8 Å². The zero-order valence-electron chi connectivity index (χ0n) is 16.7. The van der Waals surface area contributed by atoms with Crippen LogP contribution < -0.4 is 4.74 Å². The van der Waals surface area contributed by atoms with Gasteiger partial charge >= 0.3 is 5.97 Å². The highest BCUT2D eigenvalue weighted by molar-refractivity contribution is 5.94. The first-order chi connectivity index (χ1) is 12.7. The molecule has 0 aromatic heterocycles. The number of carbonyl (C=O) groups excluding carboxylic acids is 3. The van der Waals surface area contributed by atoms with E-state index < -0.39 is 18.2 Å². The number of hydrogen-bond acceptors (Lipinski definition) is 5. The molecule has 6 nitrogen and oxygen atoms in total. The fraction of sp³-hybridized carbons (Fsp3) is 0.571. The SMILES string of the molecule is CC(=O)c1ccc(O[C@H](C)C(=O)O[C@@H](C)C(=O)N2[C@H](C)CCC[C@@H]2C)cc1. The van der Waals surface area contributed by atoms with Gasteiger partial charge in [-0.2, -0.15) is 0 Å². The van der Waals surface area contributed by atoms with E-state index in [1.54, 1.807) is 38.1 Å². The number of amides is 1. The summed E-state index contributed by atoms with van der Waals surface area (Å²) in [7, 11) is 0. The van der Waals surface area contributed by atoms with Crippen LogP contribution in [0, 0.1) is 0 Å². The Morgan fingerprint density at radius 3 is 2.07 bits per heavy atom. The Bertz CT molecular complexity index is 674. The van der Waals surface area contributed by atoms with E-state index >= 15 is 0 Å². The average molecular weight is 375 g/mol. The summed E-state index contributed by atoms with van der Waals surface area (Å²) < 4.78 is 10.9. The summed E-state index contributed by atoms with van der Waals surface area (Å²) in [5.74, 6) is -0.339. The van der Waals surface area contributed by atoms with Gasteiger partial charge in [0.05, 0.1) is 0 Å². The minimum atomic E-state index is -0.861. The quantitative estimate of drug-likeness (QED) is 0.563.